The average molecular weight is 249 g/mol. The minimum Gasteiger partial charge on any atom is -0.337 e. The van der Waals surface area contributed by atoms with Crippen LogP contribution in [0.5, 0.6) is 0 Å². The molecule has 0 bridgehead atoms. The van der Waals surface area contributed by atoms with E-state index in [0.717, 1.165) is 5.56 Å². The second-order valence-electron chi connectivity index (χ2n) is 4.65. The molecule has 1 atom stereocenters. The Morgan fingerprint density at radius 3 is 2.83 bits per heavy atom. The molecule has 1 aromatic carbocycles. The minimum absolute atomic E-state index is 0.326. The Morgan fingerprint density at radius 2 is 2.17 bits per heavy atom. The highest BCUT2D eigenvalue weighted by atomic mass is 19.1. The summed E-state index contributed by atoms with van der Waals surface area (Å²) in [5.74, 6) is 0.406. The van der Waals surface area contributed by atoms with Crippen LogP contribution in [0, 0.1) is 12.7 Å². The number of aromatic nitrogens is 2. The highest BCUT2D eigenvalue weighted by molar-refractivity contribution is 5.59. The van der Waals surface area contributed by atoms with Gasteiger partial charge in [-0.05, 0) is 38.0 Å². The van der Waals surface area contributed by atoms with Crippen molar-refractivity contribution in [1.29, 1.82) is 0 Å². The fourth-order valence-corrected chi connectivity index (χ4v) is 1.55. The number of rotatable bonds is 3. The summed E-state index contributed by atoms with van der Waals surface area (Å²) >= 11 is 0. The first-order chi connectivity index (χ1) is 8.44. The Balaban J connectivity index is 2.44. The van der Waals surface area contributed by atoms with Crippen molar-refractivity contribution < 1.29 is 8.91 Å². The summed E-state index contributed by atoms with van der Waals surface area (Å²) in [5.41, 5.74) is 6.88. The number of benzene rings is 1. The van der Waals surface area contributed by atoms with Crippen molar-refractivity contribution >= 4 is 0 Å². The summed E-state index contributed by atoms with van der Waals surface area (Å²) in [6, 6.07) is 4.48. The van der Waals surface area contributed by atoms with E-state index in [0.29, 0.717) is 23.7 Å². The number of nitrogens with zero attached hydrogens (tertiary/aromatic N) is 2. The number of halogens is 1. The van der Waals surface area contributed by atoms with Gasteiger partial charge in [0.2, 0.25) is 11.7 Å². The number of nitrogens with two attached hydrogens (primary N) is 1. The van der Waals surface area contributed by atoms with E-state index in [1.54, 1.807) is 6.07 Å². The van der Waals surface area contributed by atoms with Gasteiger partial charge in [-0.3, -0.25) is 0 Å². The van der Waals surface area contributed by atoms with Crippen molar-refractivity contribution in [3.63, 3.8) is 0 Å². The van der Waals surface area contributed by atoms with Crippen LogP contribution in [-0.4, -0.2) is 10.1 Å². The molecular formula is C13H16FN3O. The van der Waals surface area contributed by atoms with Crippen LogP contribution in [-0.2, 0) is 5.54 Å². The zero-order valence-corrected chi connectivity index (χ0v) is 10.7. The van der Waals surface area contributed by atoms with Crippen molar-refractivity contribution in [2.24, 2.45) is 5.73 Å². The highest BCUT2D eigenvalue weighted by Crippen LogP contribution is 2.25. The minimum atomic E-state index is -0.660. The summed E-state index contributed by atoms with van der Waals surface area (Å²) in [4.78, 5) is 4.26. The predicted molar refractivity (Wildman–Crippen MR) is 66.3 cm³/mol. The van der Waals surface area contributed by atoms with E-state index >= 15 is 0 Å². The summed E-state index contributed by atoms with van der Waals surface area (Å²) in [5, 5.41) is 3.87. The van der Waals surface area contributed by atoms with Crippen molar-refractivity contribution in [2.45, 2.75) is 32.7 Å². The Bertz CT molecular complexity index is 563. The molecular weight excluding hydrogens is 233 g/mol. The molecule has 1 heterocycles. The summed E-state index contributed by atoms with van der Waals surface area (Å²) in [7, 11) is 0. The van der Waals surface area contributed by atoms with Crippen LogP contribution < -0.4 is 5.73 Å². The molecule has 2 rings (SSSR count). The van der Waals surface area contributed by atoms with Crippen molar-refractivity contribution in [3.05, 3.63) is 35.5 Å². The second kappa shape index (κ2) is 4.49. The number of hydrogen-bond donors (Lipinski definition) is 1. The average Bonchev–Trinajstić information content (AvgIpc) is 2.82. The van der Waals surface area contributed by atoms with E-state index in [4.69, 9.17) is 10.3 Å². The lowest BCUT2D eigenvalue weighted by molar-refractivity contribution is 0.291. The van der Waals surface area contributed by atoms with Crippen LogP contribution >= 0.6 is 0 Å². The maximum absolute atomic E-state index is 13.2. The first-order valence-corrected chi connectivity index (χ1v) is 5.83. The van der Waals surface area contributed by atoms with Gasteiger partial charge < -0.3 is 10.3 Å². The van der Waals surface area contributed by atoms with Gasteiger partial charge in [-0.1, -0.05) is 18.1 Å². The predicted octanol–water partition coefficient (Wildman–Crippen LogP) is 2.77. The summed E-state index contributed by atoms with van der Waals surface area (Å²) in [6.07, 6.45) is 0.677. The Morgan fingerprint density at radius 1 is 1.44 bits per heavy atom. The third-order valence-corrected chi connectivity index (χ3v) is 3.09. The van der Waals surface area contributed by atoms with Gasteiger partial charge >= 0.3 is 0 Å². The van der Waals surface area contributed by atoms with Crippen LogP contribution in [0.25, 0.3) is 11.4 Å². The maximum Gasteiger partial charge on any atom is 0.246 e. The molecule has 4 nitrogen and oxygen atoms in total. The summed E-state index contributed by atoms with van der Waals surface area (Å²) in [6.45, 7) is 5.63. The third-order valence-electron chi connectivity index (χ3n) is 3.09. The molecule has 0 aliphatic rings. The van der Waals surface area contributed by atoms with Crippen molar-refractivity contribution in [3.8, 4) is 11.4 Å². The van der Waals surface area contributed by atoms with Crippen LogP contribution in [0.4, 0.5) is 4.39 Å². The molecule has 0 aliphatic carbocycles. The quantitative estimate of drug-likeness (QED) is 0.908. The lowest BCUT2D eigenvalue weighted by Gasteiger charge is -2.16. The molecule has 0 saturated heterocycles. The SMILES string of the molecule is CCC(C)(N)c1nc(-c2cc(F)ccc2C)no1. The molecule has 18 heavy (non-hydrogen) atoms. The Kier molecular flexibility index (Phi) is 3.17. The van der Waals surface area contributed by atoms with Crippen LogP contribution in [0.3, 0.4) is 0 Å². The number of aryl methyl sites for hydroxylation is 1. The van der Waals surface area contributed by atoms with E-state index in [1.807, 2.05) is 20.8 Å². The first kappa shape index (κ1) is 12.7. The molecule has 0 radical (unpaired) electrons. The zero-order valence-electron chi connectivity index (χ0n) is 10.7. The fourth-order valence-electron chi connectivity index (χ4n) is 1.55. The monoisotopic (exact) mass is 249 g/mol. The van der Waals surface area contributed by atoms with Crippen LogP contribution in [0.2, 0.25) is 0 Å². The molecule has 5 heteroatoms. The Hall–Kier alpha value is -1.75. The maximum atomic E-state index is 13.2. The Labute approximate surface area is 105 Å². The second-order valence-corrected chi connectivity index (χ2v) is 4.65. The molecule has 0 saturated carbocycles. The van der Waals surface area contributed by atoms with E-state index in [9.17, 15) is 4.39 Å². The van der Waals surface area contributed by atoms with E-state index < -0.39 is 5.54 Å². The topological polar surface area (TPSA) is 64.9 Å². The standard InChI is InChI=1S/C13H16FN3O/c1-4-13(3,15)12-16-11(17-18-12)10-7-9(14)6-5-8(10)2/h5-7H,4,15H2,1-3H3. The lowest BCUT2D eigenvalue weighted by Crippen LogP contribution is -2.32. The normalized spacial score (nSPS) is 14.5. The van der Waals surface area contributed by atoms with Gasteiger partial charge in [-0.2, -0.15) is 4.98 Å². The molecule has 2 N–H and O–H groups in total. The molecule has 1 unspecified atom stereocenters. The molecule has 2 aromatic rings. The molecule has 0 aliphatic heterocycles. The van der Waals surface area contributed by atoms with Crippen molar-refractivity contribution in [2.75, 3.05) is 0 Å². The molecule has 0 fully saturated rings. The van der Waals surface area contributed by atoms with Crippen molar-refractivity contribution in [1.82, 2.24) is 10.1 Å². The summed E-state index contributed by atoms with van der Waals surface area (Å²) < 4.78 is 18.4. The van der Waals surface area contributed by atoms with Gasteiger partial charge in [-0.25, -0.2) is 4.39 Å². The molecule has 1 aromatic heterocycles. The van der Waals surface area contributed by atoms with Gasteiger partial charge in [-0.15, -0.1) is 0 Å². The highest BCUT2D eigenvalue weighted by Gasteiger charge is 2.26. The fraction of sp³-hybridized carbons (Fsp3) is 0.385. The number of hydrogen-bond acceptors (Lipinski definition) is 4. The molecule has 0 spiro atoms. The zero-order chi connectivity index (χ0) is 13.3. The van der Waals surface area contributed by atoms with E-state index in [1.165, 1.54) is 12.1 Å². The molecule has 0 amide bonds. The van der Waals surface area contributed by atoms with Gasteiger partial charge in [0.25, 0.3) is 0 Å². The van der Waals surface area contributed by atoms with E-state index in [-0.39, 0.29) is 5.82 Å². The van der Waals surface area contributed by atoms with Gasteiger partial charge in [0.05, 0.1) is 5.54 Å². The van der Waals surface area contributed by atoms with E-state index in [2.05, 4.69) is 10.1 Å². The molecule has 96 valence electrons. The largest absolute Gasteiger partial charge is 0.337 e. The van der Waals surface area contributed by atoms with Crippen LogP contribution in [0.15, 0.2) is 22.7 Å². The lowest BCUT2D eigenvalue weighted by atomic mass is 10.0. The smallest absolute Gasteiger partial charge is 0.246 e. The van der Waals surface area contributed by atoms with Gasteiger partial charge in [0.15, 0.2) is 0 Å². The third kappa shape index (κ3) is 2.26. The van der Waals surface area contributed by atoms with Gasteiger partial charge in [0, 0.05) is 5.56 Å². The van der Waals surface area contributed by atoms with Crippen LogP contribution in [0.1, 0.15) is 31.7 Å². The first-order valence-electron chi connectivity index (χ1n) is 5.83. The van der Waals surface area contributed by atoms with Gasteiger partial charge in [0.1, 0.15) is 5.82 Å².